The number of hydrogen-bond acceptors (Lipinski definition) is 5. The Morgan fingerprint density at radius 3 is 2.56 bits per heavy atom. The van der Waals surface area contributed by atoms with Gasteiger partial charge in [0.05, 0.1) is 4.70 Å². The smallest absolute Gasteiger partial charge is 0.407 e. The number of carbonyl (C=O) groups excluding carboxylic acids is 1. The molecule has 1 fully saturated rings. The predicted molar refractivity (Wildman–Crippen MR) is 125 cm³/mol. The van der Waals surface area contributed by atoms with Crippen molar-refractivity contribution in [1.29, 1.82) is 0 Å². The van der Waals surface area contributed by atoms with E-state index in [1.807, 2.05) is 0 Å². The molecule has 2 amide bonds. The molecule has 2 aromatic rings. The van der Waals surface area contributed by atoms with Crippen molar-refractivity contribution in [3.8, 4) is 5.75 Å². The molecule has 0 atom stereocenters. The minimum absolute atomic E-state index is 0.00794. The highest BCUT2D eigenvalue weighted by Gasteiger charge is 2.32. The number of nitrogens with one attached hydrogen (secondary N) is 1. The number of fused-ring (bicyclic) bond motifs is 1. The van der Waals surface area contributed by atoms with Gasteiger partial charge in [-0.3, -0.25) is 9.59 Å². The Hall–Kier alpha value is -2.81. The van der Waals surface area contributed by atoms with E-state index in [4.69, 9.17) is 0 Å². The third-order valence-corrected chi connectivity index (χ3v) is 7.34. The highest BCUT2D eigenvalue weighted by Crippen LogP contribution is 2.37. The lowest BCUT2D eigenvalue weighted by molar-refractivity contribution is -0.129. The van der Waals surface area contributed by atoms with Gasteiger partial charge in [-0.25, -0.2) is 4.79 Å². The molecule has 32 heavy (non-hydrogen) atoms. The number of benzene rings is 1. The number of phenols is 1. The summed E-state index contributed by atoms with van der Waals surface area (Å²) in [6, 6.07) is 3.30. The van der Waals surface area contributed by atoms with Crippen LogP contribution >= 0.6 is 11.3 Å². The van der Waals surface area contributed by atoms with E-state index in [0.717, 1.165) is 42.6 Å². The molecule has 0 spiro atoms. The van der Waals surface area contributed by atoms with E-state index in [1.165, 1.54) is 17.0 Å². The molecule has 1 aliphatic rings. The van der Waals surface area contributed by atoms with E-state index in [9.17, 15) is 24.6 Å². The van der Waals surface area contributed by atoms with Crippen LogP contribution < -0.4 is 4.87 Å². The molecule has 1 heterocycles. The third-order valence-electron chi connectivity index (χ3n) is 6.38. The Bertz CT molecular complexity index is 1050. The number of phenolic OH excluding ortho intramolecular Hbond substituents is 1. The summed E-state index contributed by atoms with van der Waals surface area (Å²) < 4.78 is 0.633. The van der Waals surface area contributed by atoms with Crippen molar-refractivity contribution in [1.82, 2.24) is 14.8 Å². The van der Waals surface area contributed by atoms with Crippen molar-refractivity contribution in [3.63, 3.8) is 0 Å². The van der Waals surface area contributed by atoms with Crippen LogP contribution in [0.15, 0.2) is 29.6 Å². The summed E-state index contributed by atoms with van der Waals surface area (Å²) in [6.07, 6.45) is 4.48. The highest BCUT2D eigenvalue weighted by molar-refractivity contribution is 7.16. The monoisotopic (exact) mass is 461 g/mol. The maximum absolute atomic E-state index is 12.5. The molecule has 174 valence electrons. The average Bonchev–Trinajstić information content (AvgIpc) is 3.14. The van der Waals surface area contributed by atoms with E-state index >= 15 is 0 Å². The van der Waals surface area contributed by atoms with Crippen LogP contribution in [0, 0.1) is 5.41 Å². The van der Waals surface area contributed by atoms with Gasteiger partial charge in [0.15, 0.2) is 0 Å². The fourth-order valence-electron chi connectivity index (χ4n) is 4.34. The minimum atomic E-state index is -1.06. The molecule has 1 aromatic heterocycles. The molecular weight excluding hydrogens is 430 g/mol. The number of H-pyrrole nitrogens is 1. The Kier molecular flexibility index (Phi) is 7.28. The number of aromatic hydroxyl groups is 1. The second-order valence-electron chi connectivity index (χ2n) is 9.11. The van der Waals surface area contributed by atoms with Gasteiger partial charge in [0.25, 0.3) is 0 Å². The molecule has 8 nitrogen and oxygen atoms in total. The number of carboxylic acid groups (broad SMARTS) is 1. The summed E-state index contributed by atoms with van der Waals surface area (Å²) in [4.78, 5) is 41.5. The molecule has 3 rings (SSSR count). The standard InChI is InChI=1S/C23H31N3O5S/c1-4-18(28)26(16-7-10-23(2,3)11-8-16)14-13-25(22(30)31)12-9-15-5-6-17(27)19-20(15)32-21(29)24-19/h4-6,16,27H,1,7-14H2,2-3H3,(H,24,29)(H,30,31). The molecular formula is C23H31N3O5S. The third kappa shape index (κ3) is 5.51. The normalized spacial score (nSPS) is 16.1. The van der Waals surface area contributed by atoms with Gasteiger partial charge < -0.3 is 25.0 Å². The summed E-state index contributed by atoms with van der Waals surface area (Å²) in [5, 5.41) is 19.6. The maximum Gasteiger partial charge on any atom is 0.407 e. The zero-order valence-electron chi connectivity index (χ0n) is 18.6. The first kappa shape index (κ1) is 23.8. The minimum Gasteiger partial charge on any atom is -0.506 e. The predicted octanol–water partition coefficient (Wildman–Crippen LogP) is 3.80. The quantitative estimate of drug-likeness (QED) is 0.518. The molecule has 0 saturated heterocycles. The lowest BCUT2D eigenvalue weighted by Crippen LogP contribution is -2.47. The largest absolute Gasteiger partial charge is 0.506 e. The van der Waals surface area contributed by atoms with Gasteiger partial charge in [0, 0.05) is 25.7 Å². The number of nitrogens with zero attached hydrogens (tertiary/aromatic N) is 2. The number of rotatable bonds is 8. The first-order chi connectivity index (χ1) is 15.1. The molecule has 9 heteroatoms. The Morgan fingerprint density at radius 1 is 1.25 bits per heavy atom. The topological polar surface area (TPSA) is 114 Å². The van der Waals surface area contributed by atoms with E-state index < -0.39 is 6.09 Å². The molecule has 0 bridgehead atoms. The molecule has 3 N–H and O–H groups in total. The van der Waals surface area contributed by atoms with Crippen molar-refractivity contribution >= 4 is 33.6 Å². The van der Waals surface area contributed by atoms with Gasteiger partial charge in [0.1, 0.15) is 11.3 Å². The van der Waals surface area contributed by atoms with E-state index in [2.05, 4.69) is 25.4 Å². The Labute approximate surface area is 191 Å². The van der Waals surface area contributed by atoms with Crippen LogP contribution in [0.3, 0.4) is 0 Å². The van der Waals surface area contributed by atoms with Crippen molar-refractivity contribution < 1.29 is 19.8 Å². The van der Waals surface area contributed by atoms with Crippen LogP contribution in [0.2, 0.25) is 0 Å². The van der Waals surface area contributed by atoms with Gasteiger partial charge in [0.2, 0.25) is 5.91 Å². The summed E-state index contributed by atoms with van der Waals surface area (Å²) in [7, 11) is 0. The van der Waals surface area contributed by atoms with Gasteiger partial charge >= 0.3 is 11.0 Å². The zero-order valence-corrected chi connectivity index (χ0v) is 19.4. The van der Waals surface area contributed by atoms with Crippen LogP contribution in [-0.4, -0.2) is 62.7 Å². The Balaban J connectivity index is 1.67. The molecule has 0 radical (unpaired) electrons. The van der Waals surface area contributed by atoms with E-state index in [-0.39, 0.29) is 41.1 Å². The highest BCUT2D eigenvalue weighted by atomic mass is 32.1. The molecule has 0 aliphatic heterocycles. The first-order valence-corrected chi connectivity index (χ1v) is 11.7. The summed E-state index contributed by atoms with van der Waals surface area (Å²) in [6.45, 7) is 8.80. The second-order valence-corrected chi connectivity index (χ2v) is 10.1. The van der Waals surface area contributed by atoms with Gasteiger partial charge in [-0.2, -0.15) is 0 Å². The number of carbonyl (C=O) groups is 2. The van der Waals surface area contributed by atoms with Crippen LogP contribution in [0.4, 0.5) is 4.79 Å². The fourth-order valence-corrected chi connectivity index (χ4v) is 5.24. The summed E-state index contributed by atoms with van der Waals surface area (Å²) in [5.74, 6) is -0.177. The van der Waals surface area contributed by atoms with Gasteiger partial charge in [-0.05, 0) is 55.2 Å². The number of thiazole rings is 1. The second kappa shape index (κ2) is 9.77. The molecule has 0 unspecified atom stereocenters. The summed E-state index contributed by atoms with van der Waals surface area (Å²) >= 11 is 0.996. The first-order valence-electron chi connectivity index (χ1n) is 10.9. The van der Waals surface area contributed by atoms with Crippen molar-refractivity contribution in [3.05, 3.63) is 40.0 Å². The van der Waals surface area contributed by atoms with Gasteiger partial charge in [-0.1, -0.05) is 37.8 Å². The maximum atomic E-state index is 12.5. The van der Waals surface area contributed by atoms with Crippen LogP contribution in [-0.2, 0) is 11.2 Å². The summed E-state index contributed by atoms with van der Waals surface area (Å²) in [5.41, 5.74) is 1.44. The van der Waals surface area contributed by atoms with E-state index in [1.54, 1.807) is 11.0 Å². The van der Waals surface area contributed by atoms with Crippen LogP contribution in [0.1, 0.15) is 45.1 Å². The number of aromatic amines is 1. The zero-order chi connectivity index (χ0) is 23.5. The molecule has 1 aromatic carbocycles. The van der Waals surface area contributed by atoms with Crippen molar-refractivity contribution in [2.24, 2.45) is 5.41 Å². The fraction of sp³-hybridized carbons (Fsp3) is 0.522. The van der Waals surface area contributed by atoms with Crippen molar-refractivity contribution in [2.75, 3.05) is 19.6 Å². The lowest BCUT2D eigenvalue weighted by Gasteiger charge is -2.40. The number of hydrogen-bond donors (Lipinski definition) is 3. The van der Waals surface area contributed by atoms with Crippen LogP contribution in [0.5, 0.6) is 5.75 Å². The average molecular weight is 462 g/mol. The SMILES string of the molecule is C=CC(=O)N(CCN(CCc1ccc(O)c2[nH]c(=O)sc12)C(=O)O)C1CCC(C)(C)CC1. The number of amides is 2. The molecule has 1 saturated carbocycles. The number of aromatic nitrogens is 1. The Morgan fingerprint density at radius 2 is 1.94 bits per heavy atom. The van der Waals surface area contributed by atoms with Gasteiger partial charge in [-0.15, -0.1) is 0 Å². The van der Waals surface area contributed by atoms with Crippen LogP contribution in [0.25, 0.3) is 10.2 Å². The lowest BCUT2D eigenvalue weighted by atomic mass is 9.75. The van der Waals surface area contributed by atoms with Crippen molar-refractivity contribution in [2.45, 2.75) is 52.0 Å². The molecule has 1 aliphatic carbocycles. The van der Waals surface area contributed by atoms with E-state index in [0.29, 0.717) is 23.2 Å².